The monoisotopic (exact) mass is 299 g/mol. The first-order chi connectivity index (χ1) is 10.5. The van der Waals surface area contributed by atoms with E-state index in [0.29, 0.717) is 17.2 Å². The Bertz CT molecular complexity index is 664. The molecule has 5 heteroatoms. The zero-order valence-electron chi connectivity index (χ0n) is 13.1. The molecule has 0 atom stereocenters. The van der Waals surface area contributed by atoms with Crippen LogP contribution in [0.2, 0.25) is 0 Å². The van der Waals surface area contributed by atoms with Crippen molar-refractivity contribution in [1.29, 1.82) is 0 Å². The summed E-state index contributed by atoms with van der Waals surface area (Å²) in [5, 5.41) is 11.8. The lowest BCUT2D eigenvalue weighted by Gasteiger charge is -2.23. The highest BCUT2D eigenvalue weighted by Crippen LogP contribution is 2.29. The Hall–Kier alpha value is -2.56. The Labute approximate surface area is 130 Å². The summed E-state index contributed by atoms with van der Waals surface area (Å²) in [5.41, 5.74) is 7.45. The molecule has 3 N–H and O–H groups in total. The molecule has 2 aromatic rings. The largest absolute Gasteiger partial charge is 0.438 e. The van der Waals surface area contributed by atoms with E-state index in [1.165, 1.54) is 5.56 Å². The number of ether oxygens (including phenoxy) is 1. The highest BCUT2D eigenvalue weighted by molar-refractivity contribution is 5.99. The third-order valence-electron chi connectivity index (χ3n) is 3.89. The van der Waals surface area contributed by atoms with Crippen molar-refractivity contribution in [3.8, 4) is 11.6 Å². The van der Waals surface area contributed by atoms with Crippen LogP contribution in [-0.2, 0) is 5.41 Å². The third kappa shape index (κ3) is 3.36. The number of rotatable bonds is 5. The van der Waals surface area contributed by atoms with Crippen LogP contribution in [0.4, 0.5) is 0 Å². The fourth-order valence-electron chi connectivity index (χ4n) is 2.01. The molecule has 22 heavy (non-hydrogen) atoms. The van der Waals surface area contributed by atoms with Gasteiger partial charge in [-0.05, 0) is 41.7 Å². The Morgan fingerprint density at radius 2 is 1.95 bits per heavy atom. The Morgan fingerprint density at radius 1 is 1.27 bits per heavy atom. The van der Waals surface area contributed by atoms with Gasteiger partial charge in [0.15, 0.2) is 5.84 Å². The minimum Gasteiger partial charge on any atom is -0.438 e. The number of hydrogen-bond donors (Lipinski definition) is 2. The first kappa shape index (κ1) is 15.8. The number of aromatic nitrogens is 1. The molecule has 0 aliphatic carbocycles. The molecule has 0 bridgehead atoms. The van der Waals surface area contributed by atoms with Gasteiger partial charge in [-0.15, -0.1) is 0 Å². The summed E-state index contributed by atoms with van der Waals surface area (Å²) >= 11 is 0. The van der Waals surface area contributed by atoms with Gasteiger partial charge in [0, 0.05) is 6.20 Å². The fraction of sp³-hybridized carbons (Fsp3) is 0.294. The average molecular weight is 299 g/mol. The first-order valence-electron chi connectivity index (χ1n) is 7.19. The summed E-state index contributed by atoms with van der Waals surface area (Å²) < 4.78 is 5.75. The number of pyridine rings is 1. The van der Waals surface area contributed by atoms with Crippen LogP contribution < -0.4 is 10.5 Å². The van der Waals surface area contributed by atoms with Gasteiger partial charge >= 0.3 is 0 Å². The molecular formula is C17H21N3O2. The normalized spacial score (nSPS) is 12.2. The minimum atomic E-state index is -0.0353. The molecule has 116 valence electrons. The SMILES string of the molecule is CCC(C)(C)c1ccc(Oc2ncccc2/C(N)=N/O)cc1. The van der Waals surface area contributed by atoms with Crippen molar-refractivity contribution in [1.82, 2.24) is 4.98 Å². The number of nitrogens with zero attached hydrogens (tertiary/aromatic N) is 2. The van der Waals surface area contributed by atoms with E-state index in [-0.39, 0.29) is 11.3 Å². The zero-order chi connectivity index (χ0) is 16.2. The van der Waals surface area contributed by atoms with E-state index in [9.17, 15) is 0 Å². The molecule has 0 saturated carbocycles. The number of benzene rings is 1. The lowest BCUT2D eigenvalue weighted by Crippen LogP contribution is -2.15. The molecule has 0 aliphatic rings. The summed E-state index contributed by atoms with van der Waals surface area (Å²) in [6.45, 7) is 6.58. The van der Waals surface area contributed by atoms with Gasteiger partial charge in [0.25, 0.3) is 0 Å². The van der Waals surface area contributed by atoms with Crippen LogP contribution in [0.25, 0.3) is 0 Å². The Morgan fingerprint density at radius 3 is 2.55 bits per heavy atom. The van der Waals surface area contributed by atoms with Gasteiger partial charge in [-0.2, -0.15) is 0 Å². The van der Waals surface area contributed by atoms with E-state index in [2.05, 4.69) is 30.9 Å². The summed E-state index contributed by atoms with van der Waals surface area (Å²) in [6.07, 6.45) is 2.65. The molecule has 0 spiro atoms. The van der Waals surface area contributed by atoms with Crippen LogP contribution >= 0.6 is 0 Å². The molecule has 0 fully saturated rings. The van der Waals surface area contributed by atoms with E-state index >= 15 is 0 Å². The summed E-state index contributed by atoms with van der Waals surface area (Å²) in [4.78, 5) is 4.14. The van der Waals surface area contributed by atoms with Gasteiger partial charge < -0.3 is 15.7 Å². The van der Waals surface area contributed by atoms with Crippen LogP contribution in [0.5, 0.6) is 11.6 Å². The number of oxime groups is 1. The second-order valence-corrected chi connectivity index (χ2v) is 5.71. The van der Waals surface area contributed by atoms with Gasteiger partial charge in [-0.1, -0.05) is 38.1 Å². The van der Waals surface area contributed by atoms with Crippen molar-refractivity contribution in [2.24, 2.45) is 10.9 Å². The number of nitrogens with two attached hydrogens (primary N) is 1. The lowest BCUT2D eigenvalue weighted by atomic mass is 9.82. The molecule has 0 amide bonds. The van der Waals surface area contributed by atoms with Gasteiger partial charge in [-0.25, -0.2) is 4.98 Å². The smallest absolute Gasteiger partial charge is 0.230 e. The molecule has 5 nitrogen and oxygen atoms in total. The predicted molar refractivity (Wildman–Crippen MR) is 86.6 cm³/mol. The van der Waals surface area contributed by atoms with E-state index in [1.807, 2.05) is 24.3 Å². The predicted octanol–water partition coefficient (Wildman–Crippen LogP) is 3.66. The van der Waals surface area contributed by atoms with Gasteiger partial charge in [-0.3, -0.25) is 0 Å². The van der Waals surface area contributed by atoms with Crippen LogP contribution in [0.1, 0.15) is 38.3 Å². The molecule has 0 aliphatic heterocycles. The van der Waals surface area contributed by atoms with Crippen LogP contribution in [0.15, 0.2) is 47.8 Å². The molecule has 2 rings (SSSR count). The Balaban J connectivity index is 2.26. The van der Waals surface area contributed by atoms with Crippen LogP contribution in [0, 0.1) is 0 Å². The molecule has 0 unspecified atom stereocenters. The molecular weight excluding hydrogens is 278 g/mol. The topological polar surface area (TPSA) is 80.7 Å². The fourth-order valence-corrected chi connectivity index (χ4v) is 2.01. The zero-order valence-corrected chi connectivity index (χ0v) is 13.1. The lowest BCUT2D eigenvalue weighted by molar-refractivity contribution is 0.318. The van der Waals surface area contributed by atoms with Crippen molar-refractivity contribution >= 4 is 5.84 Å². The van der Waals surface area contributed by atoms with Gasteiger partial charge in [0.1, 0.15) is 5.75 Å². The molecule has 1 heterocycles. The highest BCUT2D eigenvalue weighted by Gasteiger charge is 2.18. The second-order valence-electron chi connectivity index (χ2n) is 5.71. The standard InChI is InChI=1S/C17H21N3O2/c1-4-17(2,3)12-7-9-13(10-8-12)22-16-14(15(18)20-21)6-5-11-19-16/h5-11,21H,4H2,1-3H3,(H2,18,20). The maximum absolute atomic E-state index is 8.81. The van der Waals surface area contributed by atoms with Crippen LogP contribution in [0.3, 0.4) is 0 Å². The maximum Gasteiger partial charge on any atom is 0.230 e. The van der Waals surface area contributed by atoms with Gasteiger partial charge in [0.2, 0.25) is 5.88 Å². The van der Waals surface area contributed by atoms with Crippen molar-refractivity contribution in [2.75, 3.05) is 0 Å². The summed E-state index contributed by atoms with van der Waals surface area (Å²) in [6, 6.07) is 11.3. The van der Waals surface area contributed by atoms with E-state index in [1.54, 1.807) is 18.3 Å². The minimum absolute atomic E-state index is 0.0353. The highest BCUT2D eigenvalue weighted by atomic mass is 16.5. The molecule has 1 aromatic heterocycles. The van der Waals surface area contributed by atoms with Crippen LogP contribution in [-0.4, -0.2) is 16.0 Å². The quantitative estimate of drug-likeness (QED) is 0.382. The third-order valence-corrected chi connectivity index (χ3v) is 3.89. The molecule has 0 radical (unpaired) electrons. The summed E-state index contributed by atoms with van der Waals surface area (Å²) in [5.74, 6) is 0.925. The van der Waals surface area contributed by atoms with Crippen molar-refractivity contribution < 1.29 is 9.94 Å². The summed E-state index contributed by atoms with van der Waals surface area (Å²) in [7, 11) is 0. The first-order valence-corrected chi connectivity index (χ1v) is 7.19. The van der Waals surface area contributed by atoms with E-state index < -0.39 is 0 Å². The molecule has 1 aromatic carbocycles. The van der Waals surface area contributed by atoms with E-state index in [0.717, 1.165) is 6.42 Å². The van der Waals surface area contributed by atoms with Crippen molar-refractivity contribution in [2.45, 2.75) is 32.6 Å². The second kappa shape index (κ2) is 6.47. The van der Waals surface area contributed by atoms with Gasteiger partial charge in [0.05, 0.1) is 5.56 Å². The van der Waals surface area contributed by atoms with E-state index in [4.69, 9.17) is 15.7 Å². The van der Waals surface area contributed by atoms with Crippen molar-refractivity contribution in [3.63, 3.8) is 0 Å². The number of amidine groups is 1. The van der Waals surface area contributed by atoms with Crippen molar-refractivity contribution in [3.05, 3.63) is 53.7 Å². The number of hydrogen-bond acceptors (Lipinski definition) is 4. The maximum atomic E-state index is 8.81. The molecule has 0 saturated heterocycles. The Kier molecular flexibility index (Phi) is 4.65. The average Bonchev–Trinajstić information content (AvgIpc) is 2.55.